The maximum Gasteiger partial charge on any atom is 0.346 e. The lowest BCUT2D eigenvalue weighted by Crippen LogP contribution is -2.32. The van der Waals surface area contributed by atoms with E-state index in [2.05, 4.69) is 87.4 Å². The van der Waals surface area contributed by atoms with E-state index in [1.807, 2.05) is 42.5 Å². The number of fused-ring (bicyclic) bond motifs is 2. The quantitative estimate of drug-likeness (QED) is 0.0614. The average Bonchev–Trinajstić information content (AvgIpc) is 3.55. The molecule has 0 amide bonds. The number of anilines is 1. The molecule has 0 aromatic heterocycles. The van der Waals surface area contributed by atoms with E-state index >= 15 is 0 Å². The first-order valence-corrected chi connectivity index (χ1v) is 20.9. The number of aliphatic carboxylic acids is 1. The topological polar surface area (TPSA) is 105 Å². The molecule has 2 aliphatic heterocycles. The molecule has 3 aromatic rings. The molecule has 2 N–H and O–H groups in total. The summed E-state index contributed by atoms with van der Waals surface area (Å²) >= 11 is 0. The molecule has 3 aliphatic rings. The maximum atomic E-state index is 14.0. The molecule has 0 atom stereocenters. The lowest BCUT2D eigenvalue weighted by molar-refractivity contribution is -0.438. The third kappa shape index (κ3) is 8.19. The summed E-state index contributed by atoms with van der Waals surface area (Å²) in [6, 6.07) is 24.1. The number of nitriles is 1. The van der Waals surface area contributed by atoms with Gasteiger partial charge in [0, 0.05) is 47.5 Å². The first-order valence-electron chi connectivity index (χ1n) is 20.9. The average molecular weight is 765 g/mol. The van der Waals surface area contributed by atoms with Gasteiger partial charge in [-0.1, -0.05) is 115 Å². The largest absolute Gasteiger partial charge is 0.506 e. The second-order valence-electron chi connectivity index (χ2n) is 16.7. The van der Waals surface area contributed by atoms with Crippen LogP contribution in [-0.2, 0) is 20.4 Å². The molecule has 7 heteroatoms. The van der Waals surface area contributed by atoms with Crippen LogP contribution in [0.5, 0.6) is 0 Å². The zero-order valence-electron chi connectivity index (χ0n) is 34.6. The number of aliphatic hydroxyl groups excluding tert-OH is 1. The van der Waals surface area contributed by atoms with Crippen LogP contribution in [0.15, 0.2) is 107 Å². The van der Waals surface area contributed by atoms with Crippen molar-refractivity contribution in [3.63, 3.8) is 0 Å². The van der Waals surface area contributed by atoms with Gasteiger partial charge in [0.05, 0.1) is 16.6 Å². The van der Waals surface area contributed by atoms with E-state index < -0.39 is 11.4 Å². The van der Waals surface area contributed by atoms with E-state index in [9.17, 15) is 25.1 Å². The highest BCUT2D eigenvalue weighted by Gasteiger charge is 2.47. The van der Waals surface area contributed by atoms with Gasteiger partial charge in [-0.05, 0) is 79.8 Å². The highest BCUT2D eigenvalue weighted by Crippen LogP contribution is 2.49. The molecule has 6 rings (SSSR count). The molecular weight excluding hydrogens is 707 g/mol. The molecule has 0 spiro atoms. The van der Waals surface area contributed by atoms with Gasteiger partial charge < -0.3 is 15.1 Å². The number of ketones is 1. The number of nitrogens with zero attached hydrogens (tertiary/aromatic N) is 3. The number of para-hydroxylation sites is 1. The Kier molecular flexibility index (Phi) is 12.5. The summed E-state index contributed by atoms with van der Waals surface area (Å²) in [5.74, 6) is -1.34. The Bertz CT molecular complexity index is 2240. The number of likely N-dealkylation sites (N-methyl/N-ethyl adjacent to an activating group) is 1. The van der Waals surface area contributed by atoms with Crippen LogP contribution in [0.1, 0.15) is 122 Å². The summed E-state index contributed by atoms with van der Waals surface area (Å²) in [4.78, 5) is 27.6. The molecule has 3 aromatic carbocycles. The highest BCUT2D eigenvalue weighted by atomic mass is 16.4. The van der Waals surface area contributed by atoms with Gasteiger partial charge in [-0.25, -0.2) is 4.79 Å². The number of benzene rings is 3. The first kappa shape index (κ1) is 41.2. The molecule has 0 unspecified atom stereocenters. The Morgan fingerprint density at radius 3 is 2.05 bits per heavy atom. The number of unbranched alkanes of at least 4 members (excludes halogenated alkanes) is 9. The van der Waals surface area contributed by atoms with Crippen molar-refractivity contribution in [1.82, 2.24) is 0 Å². The van der Waals surface area contributed by atoms with Crippen LogP contribution >= 0.6 is 0 Å². The fraction of sp³-hybridized carbons (Fsp3) is 0.400. The van der Waals surface area contributed by atoms with Crippen LogP contribution in [0.2, 0.25) is 0 Å². The lowest BCUT2D eigenvalue weighted by atomic mass is 9.77. The van der Waals surface area contributed by atoms with Gasteiger partial charge >= 0.3 is 5.97 Å². The van der Waals surface area contributed by atoms with Crippen molar-refractivity contribution in [2.24, 2.45) is 0 Å². The Hall–Kier alpha value is -5.48. The Labute approximate surface area is 339 Å². The summed E-state index contributed by atoms with van der Waals surface area (Å²) in [5, 5.41) is 30.1. The van der Waals surface area contributed by atoms with Crippen molar-refractivity contribution >= 4 is 34.9 Å². The molecule has 296 valence electrons. The Balaban J connectivity index is 1.30. The molecule has 0 fully saturated rings. The maximum absolute atomic E-state index is 14.0. The number of carbonyl (C=O) groups excluding carboxylic acids is 1. The smallest absolute Gasteiger partial charge is 0.346 e. The third-order valence-corrected chi connectivity index (χ3v) is 12.2. The SMILES string of the molecule is CCCCCCCCCCCC[N+]1=C(/C=C2/C(=O)C(/C=C3\N(CC)c4ccccc4C3(C)C)=C2O)C(C)(C)c2cc(-c3ccc(/C=C(/C#N)C(=O)O)cc3)ccc21. The zero-order valence-corrected chi connectivity index (χ0v) is 34.6. The van der Waals surface area contributed by atoms with Gasteiger partial charge in [0.1, 0.15) is 23.9 Å². The van der Waals surface area contributed by atoms with Gasteiger partial charge in [0.15, 0.2) is 5.71 Å². The fourth-order valence-corrected chi connectivity index (χ4v) is 8.82. The van der Waals surface area contributed by atoms with E-state index in [1.165, 1.54) is 63.0 Å². The Morgan fingerprint density at radius 1 is 0.807 bits per heavy atom. The van der Waals surface area contributed by atoms with Crippen molar-refractivity contribution in [2.45, 2.75) is 117 Å². The van der Waals surface area contributed by atoms with Crippen molar-refractivity contribution in [3.8, 4) is 17.2 Å². The molecule has 2 heterocycles. The van der Waals surface area contributed by atoms with Crippen molar-refractivity contribution in [2.75, 3.05) is 18.0 Å². The van der Waals surface area contributed by atoms with Crippen LogP contribution < -0.4 is 4.90 Å². The van der Waals surface area contributed by atoms with E-state index in [-0.39, 0.29) is 22.5 Å². The van der Waals surface area contributed by atoms with E-state index in [0.717, 1.165) is 65.4 Å². The lowest BCUT2D eigenvalue weighted by Gasteiger charge is -2.28. The third-order valence-electron chi connectivity index (χ3n) is 12.2. The monoisotopic (exact) mass is 764 g/mol. The molecule has 1 aliphatic carbocycles. The molecular formula is C50H58N3O4+. The van der Waals surface area contributed by atoms with Crippen LogP contribution in [0, 0.1) is 11.3 Å². The van der Waals surface area contributed by atoms with E-state index in [4.69, 9.17) is 0 Å². The minimum Gasteiger partial charge on any atom is -0.506 e. The molecule has 0 bridgehead atoms. The number of aliphatic hydroxyl groups is 1. The minimum atomic E-state index is -1.25. The number of hydrogen-bond donors (Lipinski definition) is 2. The summed E-state index contributed by atoms with van der Waals surface area (Å²) in [7, 11) is 0. The number of carboxylic acid groups (broad SMARTS) is 1. The van der Waals surface area contributed by atoms with Crippen LogP contribution in [0.25, 0.3) is 17.2 Å². The van der Waals surface area contributed by atoms with Crippen LogP contribution in [0.3, 0.4) is 0 Å². The van der Waals surface area contributed by atoms with Crippen LogP contribution in [0.4, 0.5) is 11.4 Å². The van der Waals surface area contributed by atoms with Gasteiger partial charge in [0.2, 0.25) is 11.5 Å². The van der Waals surface area contributed by atoms with Gasteiger partial charge in [-0.2, -0.15) is 9.84 Å². The normalized spacial score (nSPS) is 18.3. The molecule has 57 heavy (non-hydrogen) atoms. The second kappa shape index (κ2) is 17.3. The van der Waals surface area contributed by atoms with Crippen molar-refractivity contribution < 1.29 is 24.4 Å². The predicted molar refractivity (Wildman–Crippen MR) is 231 cm³/mol. The van der Waals surface area contributed by atoms with Crippen LogP contribution in [-0.4, -0.2) is 45.3 Å². The predicted octanol–water partition coefficient (Wildman–Crippen LogP) is 11.7. The van der Waals surface area contributed by atoms with Crippen molar-refractivity contribution in [1.29, 1.82) is 5.26 Å². The zero-order chi connectivity index (χ0) is 40.9. The standard InChI is InChI=1S/C50H57N3O4/c1-7-9-10-11-12-13-14-15-16-19-28-53-43-27-26-36(35-24-22-34(23-25-35)29-37(33-51)48(56)57)30-41(43)50(5,6)45(53)32-39-46(54)38(47(39)55)31-44-49(3,4)40-20-17-18-21-42(40)52(44)8-2/h17-18,20-27,29-32H,7-16,19,28H2,1-6H3,(H-,54,55,56,57)/p+1/b37-29-. The van der Waals surface area contributed by atoms with E-state index in [0.29, 0.717) is 16.7 Å². The second-order valence-corrected chi connectivity index (χ2v) is 16.7. The number of rotatable bonds is 17. The molecule has 0 radical (unpaired) electrons. The molecule has 0 saturated carbocycles. The fourth-order valence-electron chi connectivity index (χ4n) is 8.82. The summed E-state index contributed by atoms with van der Waals surface area (Å²) in [5.41, 5.74) is 8.83. The highest BCUT2D eigenvalue weighted by molar-refractivity contribution is 6.24. The van der Waals surface area contributed by atoms with Gasteiger partial charge in [-0.15, -0.1) is 0 Å². The molecule has 7 nitrogen and oxygen atoms in total. The molecule has 0 saturated heterocycles. The first-order chi connectivity index (χ1) is 27.3. The van der Waals surface area contributed by atoms with Gasteiger partial charge in [-0.3, -0.25) is 4.79 Å². The minimum absolute atomic E-state index is 0.0470. The summed E-state index contributed by atoms with van der Waals surface area (Å²) in [6.07, 6.45) is 17.7. The number of hydrogen-bond acceptors (Lipinski definition) is 5. The number of carboxylic acids is 1. The summed E-state index contributed by atoms with van der Waals surface area (Å²) in [6.45, 7) is 14.7. The summed E-state index contributed by atoms with van der Waals surface area (Å²) < 4.78 is 2.35. The van der Waals surface area contributed by atoms with Gasteiger partial charge in [0.25, 0.3) is 0 Å². The number of allylic oxidation sites excluding steroid dienone is 5. The number of carbonyl (C=O) groups is 2. The van der Waals surface area contributed by atoms with E-state index in [1.54, 1.807) is 6.07 Å². The number of Topliss-reactive ketones (excluding diaryl/α,β-unsaturated/α-hetero) is 1. The van der Waals surface area contributed by atoms with Crippen molar-refractivity contribution in [3.05, 3.63) is 124 Å². The Morgan fingerprint density at radius 2 is 1.44 bits per heavy atom.